The number of hydrogen-bond donors (Lipinski definition) is 1. The lowest BCUT2D eigenvalue weighted by atomic mass is 9.96. The molecule has 20 heavy (non-hydrogen) atoms. The molecule has 2 atom stereocenters. The minimum Gasteiger partial charge on any atom is -0.383 e. The first kappa shape index (κ1) is 17.2. The topological polar surface area (TPSA) is 24.5 Å². The van der Waals surface area contributed by atoms with Gasteiger partial charge in [-0.1, -0.05) is 44.2 Å². The van der Waals surface area contributed by atoms with Crippen LogP contribution < -0.4 is 5.32 Å². The van der Waals surface area contributed by atoms with Gasteiger partial charge < -0.3 is 10.1 Å². The average Bonchev–Trinajstić information content (AvgIpc) is 2.50. The van der Waals surface area contributed by atoms with Gasteiger partial charge in [0.1, 0.15) is 0 Å². The Kier molecular flexibility index (Phi) is 8.51. The lowest BCUT2D eigenvalue weighted by molar-refractivity contribution is 0.120. The molecule has 0 amide bonds. The van der Waals surface area contributed by atoms with Crippen molar-refractivity contribution in [1.82, 2.24) is 10.2 Å². The molecular weight excluding hydrogens is 248 g/mol. The monoisotopic (exact) mass is 278 g/mol. The van der Waals surface area contributed by atoms with Crippen LogP contribution in [0.4, 0.5) is 0 Å². The van der Waals surface area contributed by atoms with Gasteiger partial charge in [-0.15, -0.1) is 0 Å². The van der Waals surface area contributed by atoms with Gasteiger partial charge in [0.15, 0.2) is 0 Å². The summed E-state index contributed by atoms with van der Waals surface area (Å²) in [5.74, 6) is 0. The lowest BCUT2D eigenvalue weighted by Gasteiger charge is -2.35. The normalized spacial score (nSPS) is 14.4. The van der Waals surface area contributed by atoms with E-state index in [1.807, 2.05) is 0 Å². The molecule has 0 aliphatic carbocycles. The molecule has 114 valence electrons. The van der Waals surface area contributed by atoms with Crippen LogP contribution in [0, 0.1) is 0 Å². The highest BCUT2D eigenvalue weighted by atomic mass is 16.5. The third-order valence-electron chi connectivity index (χ3n) is 3.79. The fourth-order valence-corrected chi connectivity index (χ4v) is 2.64. The molecular formula is C17H30N2O. The molecule has 0 spiro atoms. The maximum Gasteiger partial charge on any atom is 0.0589 e. The standard InChI is InChI=1S/C17H30N2O/c1-5-12-18-17(15-10-8-7-9-11-15)16(6-2)19(3)13-14-20-4/h7-11,16-18H,5-6,12-14H2,1-4H3. The number of hydrogen-bond acceptors (Lipinski definition) is 3. The number of methoxy groups -OCH3 is 1. The summed E-state index contributed by atoms with van der Waals surface area (Å²) in [6.45, 7) is 7.27. The quantitative estimate of drug-likeness (QED) is 0.712. The van der Waals surface area contributed by atoms with E-state index in [0.717, 1.165) is 32.5 Å². The van der Waals surface area contributed by atoms with Gasteiger partial charge in [0.2, 0.25) is 0 Å². The fraction of sp³-hybridized carbons (Fsp3) is 0.647. The van der Waals surface area contributed by atoms with Gasteiger partial charge in [0.05, 0.1) is 6.61 Å². The predicted octanol–water partition coefficient (Wildman–Crippen LogP) is 3.08. The zero-order valence-corrected chi connectivity index (χ0v) is 13.4. The van der Waals surface area contributed by atoms with Crippen molar-refractivity contribution in [3.63, 3.8) is 0 Å². The second-order valence-electron chi connectivity index (χ2n) is 5.29. The van der Waals surface area contributed by atoms with Crippen LogP contribution in [0.5, 0.6) is 0 Å². The van der Waals surface area contributed by atoms with Gasteiger partial charge in [-0.05, 0) is 32.0 Å². The zero-order chi connectivity index (χ0) is 14.8. The molecule has 3 heteroatoms. The van der Waals surface area contributed by atoms with Gasteiger partial charge in [-0.25, -0.2) is 0 Å². The van der Waals surface area contributed by atoms with E-state index in [2.05, 4.69) is 61.4 Å². The molecule has 0 saturated heterocycles. The Morgan fingerprint density at radius 1 is 1.20 bits per heavy atom. The molecule has 0 saturated carbocycles. The maximum absolute atomic E-state index is 5.21. The van der Waals surface area contributed by atoms with Gasteiger partial charge in [-0.2, -0.15) is 0 Å². The van der Waals surface area contributed by atoms with Crippen LogP contribution in [0.3, 0.4) is 0 Å². The minimum absolute atomic E-state index is 0.378. The molecule has 0 bridgehead atoms. The number of benzene rings is 1. The molecule has 0 heterocycles. The highest BCUT2D eigenvalue weighted by molar-refractivity contribution is 5.20. The summed E-state index contributed by atoms with van der Waals surface area (Å²) in [5.41, 5.74) is 1.37. The third-order valence-corrected chi connectivity index (χ3v) is 3.79. The minimum atomic E-state index is 0.378. The number of nitrogens with one attached hydrogen (secondary N) is 1. The van der Waals surface area contributed by atoms with Crippen LogP contribution in [0.25, 0.3) is 0 Å². The van der Waals surface area contributed by atoms with E-state index >= 15 is 0 Å². The zero-order valence-electron chi connectivity index (χ0n) is 13.4. The van der Waals surface area contributed by atoms with Crippen LogP contribution in [-0.2, 0) is 4.74 Å². The summed E-state index contributed by atoms with van der Waals surface area (Å²) in [4.78, 5) is 2.41. The Labute approximate surface area is 124 Å². The van der Waals surface area contributed by atoms with Crippen LogP contribution in [0.15, 0.2) is 30.3 Å². The highest BCUT2D eigenvalue weighted by Gasteiger charge is 2.24. The molecule has 3 nitrogen and oxygen atoms in total. The second-order valence-corrected chi connectivity index (χ2v) is 5.29. The highest BCUT2D eigenvalue weighted by Crippen LogP contribution is 2.22. The van der Waals surface area contributed by atoms with Crippen molar-refractivity contribution in [3.8, 4) is 0 Å². The SMILES string of the molecule is CCCNC(c1ccccc1)C(CC)N(C)CCOC. The van der Waals surface area contributed by atoms with Crippen molar-refractivity contribution >= 4 is 0 Å². The number of likely N-dealkylation sites (N-methyl/N-ethyl adjacent to an activating group) is 1. The maximum atomic E-state index is 5.21. The molecule has 1 aromatic carbocycles. The Morgan fingerprint density at radius 2 is 1.90 bits per heavy atom. The number of rotatable bonds is 10. The van der Waals surface area contributed by atoms with Gasteiger partial charge >= 0.3 is 0 Å². The van der Waals surface area contributed by atoms with E-state index in [4.69, 9.17) is 4.74 Å². The summed E-state index contributed by atoms with van der Waals surface area (Å²) >= 11 is 0. The summed E-state index contributed by atoms with van der Waals surface area (Å²) in [6.07, 6.45) is 2.28. The summed E-state index contributed by atoms with van der Waals surface area (Å²) in [5, 5.41) is 3.71. The first-order valence-corrected chi connectivity index (χ1v) is 7.72. The third kappa shape index (κ3) is 5.23. The van der Waals surface area contributed by atoms with Crippen LogP contribution >= 0.6 is 0 Å². The molecule has 1 aromatic rings. The average molecular weight is 278 g/mol. The van der Waals surface area contributed by atoms with Crippen molar-refractivity contribution in [2.24, 2.45) is 0 Å². The first-order chi connectivity index (χ1) is 9.74. The van der Waals surface area contributed by atoms with E-state index in [1.165, 1.54) is 5.56 Å². The predicted molar refractivity (Wildman–Crippen MR) is 86.1 cm³/mol. The molecule has 0 aliphatic heterocycles. The largest absolute Gasteiger partial charge is 0.383 e. The van der Waals surface area contributed by atoms with Crippen molar-refractivity contribution < 1.29 is 4.74 Å². The van der Waals surface area contributed by atoms with Gasteiger partial charge in [0.25, 0.3) is 0 Å². The van der Waals surface area contributed by atoms with Crippen molar-refractivity contribution in [1.29, 1.82) is 0 Å². The molecule has 0 aromatic heterocycles. The lowest BCUT2D eigenvalue weighted by Crippen LogP contribution is -2.44. The Bertz CT molecular complexity index is 342. The van der Waals surface area contributed by atoms with Crippen molar-refractivity contribution in [2.75, 3.05) is 33.9 Å². The fourth-order valence-electron chi connectivity index (χ4n) is 2.64. The molecule has 2 unspecified atom stereocenters. The molecule has 1 N–H and O–H groups in total. The number of ether oxygens (including phenoxy) is 1. The first-order valence-electron chi connectivity index (χ1n) is 7.72. The van der Waals surface area contributed by atoms with Crippen LogP contribution in [0.2, 0.25) is 0 Å². The van der Waals surface area contributed by atoms with E-state index in [1.54, 1.807) is 7.11 Å². The molecule has 0 radical (unpaired) electrons. The van der Waals surface area contributed by atoms with Crippen molar-refractivity contribution in [3.05, 3.63) is 35.9 Å². The van der Waals surface area contributed by atoms with E-state index in [-0.39, 0.29) is 0 Å². The Hall–Kier alpha value is -0.900. The second kappa shape index (κ2) is 9.92. The van der Waals surface area contributed by atoms with Gasteiger partial charge in [-0.3, -0.25) is 4.90 Å². The summed E-state index contributed by atoms with van der Waals surface area (Å²) < 4.78 is 5.21. The van der Waals surface area contributed by atoms with E-state index < -0.39 is 0 Å². The van der Waals surface area contributed by atoms with Gasteiger partial charge in [0, 0.05) is 25.7 Å². The molecule has 0 fully saturated rings. The van der Waals surface area contributed by atoms with Crippen molar-refractivity contribution in [2.45, 2.75) is 38.8 Å². The molecule has 1 rings (SSSR count). The smallest absolute Gasteiger partial charge is 0.0589 e. The van der Waals surface area contributed by atoms with Crippen LogP contribution in [0.1, 0.15) is 38.3 Å². The van der Waals surface area contributed by atoms with E-state index in [0.29, 0.717) is 12.1 Å². The Morgan fingerprint density at radius 3 is 2.45 bits per heavy atom. The molecule has 0 aliphatic rings. The van der Waals surface area contributed by atoms with Crippen LogP contribution in [-0.4, -0.2) is 44.8 Å². The summed E-state index contributed by atoms with van der Waals surface area (Å²) in [6, 6.07) is 11.6. The summed E-state index contributed by atoms with van der Waals surface area (Å²) in [7, 11) is 3.95. The Balaban J connectivity index is 2.83. The van der Waals surface area contributed by atoms with E-state index in [9.17, 15) is 0 Å². The number of nitrogens with zero attached hydrogens (tertiary/aromatic N) is 1.